The van der Waals surface area contributed by atoms with Gasteiger partial charge in [-0.25, -0.2) is 9.98 Å². The predicted octanol–water partition coefficient (Wildman–Crippen LogP) is 14.3. The summed E-state index contributed by atoms with van der Waals surface area (Å²) < 4.78 is 7.39. The number of hydrogen-bond acceptors (Lipinski definition) is 3. The van der Waals surface area contributed by atoms with E-state index in [-0.39, 0.29) is 0 Å². The average Bonchev–Trinajstić information content (AvgIpc) is 3.96. The maximum Gasteiger partial charge on any atom is 0.161 e. The molecular formula is C52H34N4S2. The number of hydrogen-bond donors (Lipinski definition) is 0. The molecule has 0 aliphatic rings. The van der Waals surface area contributed by atoms with E-state index in [1.54, 1.807) is 11.3 Å². The van der Waals surface area contributed by atoms with Gasteiger partial charge in [-0.3, -0.25) is 4.99 Å². The van der Waals surface area contributed by atoms with E-state index in [0.29, 0.717) is 18.2 Å². The van der Waals surface area contributed by atoms with E-state index in [1.165, 1.54) is 57.5 Å². The third kappa shape index (κ3) is 5.76. The van der Waals surface area contributed by atoms with Gasteiger partial charge in [0.05, 0.1) is 17.6 Å². The van der Waals surface area contributed by atoms with E-state index < -0.39 is 0 Å². The van der Waals surface area contributed by atoms with Gasteiger partial charge in [-0.1, -0.05) is 127 Å². The Bertz CT molecular complexity index is 3430. The lowest BCUT2D eigenvalue weighted by Gasteiger charge is -2.11. The number of benzene rings is 8. The van der Waals surface area contributed by atoms with E-state index in [0.717, 1.165) is 38.2 Å². The molecule has 0 N–H and O–H groups in total. The molecule has 3 aromatic heterocycles. The van der Waals surface area contributed by atoms with E-state index in [2.05, 4.69) is 162 Å². The van der Waals surface area contributed by atoms with Crippen molar-refractivity contribution in [2.75, 3.05) is 0 Å². The van der Waals surface area contributed by atoms with Crippen molar-refractivity contribution >= 4 is 103 Å². The number of aliphatic imine (C=N–C) groups is 3. The Morgan fingerprint density at radius 3 is 1.86 bits per heavy atom. The first-order valence-electron chi connectivity index (χ1n) is 19.3. The second kappa shape index (κ2) is 14.2. The fraction of sp³-hybridized carbons (Fsp3) is 0.0192. The molecule has 0 bridgehead atoms. The van der Waals surface area contributed by atoms with Crippen molar-refractivity contribution in [1.29, 1.82) is 0 Å². The Kier molecular flexibility index (Phi) is 8.38. The molecule has 8 aromatic carbocycles. The molecule has 0 spiro atoms. The highest BCUT2D eigenvalue weighted by molar-refractivity contribution is 7.27. The first-order valence-corrected chi connectivity index (χ1v) is 20.9. The van der Waals surface area contributed by atoms with Gasteiger partial charge < -0.3 is 4.57 Å². The van der Waals surface area contributed by atoms with Gasteiger partial charge >= 0.3 is 0 Å². The van der Waals surface area contributed by atoms with Crippen molar-refractivity contribution in [3.05, 3.63) is 199 Å². The van der Waals surface area contributed by atoms with Crippen LogP contribution >= 0.6 is 22.7 Å². The van der Waals surface area contributed by atoms with Crippen molar-refractivity contribution in [1.82, 2.24) is 4.57 Å². The molecule has 3 heterocycles. The van der Waals surface area contributed by atoms with Gasteiger partial charge in [-0.2, -0.15) is 0 Å². The minimum absolute atomic E-state index is 0.478. The molecule has 0 unspecified atom stereocenters. The molecule has 0 atom stereocenters. The van der Waals surface area contributed by atoms with Crippen LogP contribution in [0.3, 0.4) is 0 Å². The Morgan fingerprint density at radius 1 is 0.500 bits per heavy atom. The minimum atomic E-state index is 0.478. The fourth-order valence-electron chi connectivity index (χ4n) is 8.29. The van der Waals surface area contributed by atoms with Gasteiger partial charge in [-0.15, -0.1) is 22.7 Å². The highest BCUT2D eigenvalue weighted by atomic mass is 32.1. The summed E-state index contributed by atoms with van der Waals surface area (Å²) in [5.41, 5.74) is 8.73. The number of para-hydroxylation sites is 1. The van der Waals surface area contributed by atoms with Crippen LogP contribution in [0.1, 0.15) is 16.7 Å². The molecule has 0 aliphatic heterocycles. The third-order valence-electron chi connectivity index (χ3n) is 11.0. The van der Waals surface area contributed by atoms with Gasteiger partial charge in [-0.05, 0) is 78.0 Å². The number of amidine groups is 2. The minimum Gasteiger partial charge on any atom is -0.309 e. The van der Waals surface area contributed by atoms with E-state index in [4.69, 9.17) is 9.98 Å². The SMILES string of the molecule is C=N/C(=N\C(=N/Cc1ccccc1)c1cc(-c2ccc3c(c2)c2c4sc5ccccc5c4ccc2n3-c2ccccc2)cc2c1sc1ccccc12)c1ccccc1. The molecule has 0 saturated carbocycles. The molecule has 11 rings (SSSR count). The summed E-state index contributed by atoms with van der Waals surface area (Å²) >= 11 is 3.66. The van der Waals surface area contributed by atoms with Crippen LogP contribution in [-0.4, -0.2) is 23.0 Å². The van der Waals surface area contributed by atoms with Gasteiger partial charge in [0.1, 0.15) is 0 Å². The molecule has 0 amide bonds. The maximum absolute atomic E-state index is 5.26. The zero-order valence-electron chi connectivity index (χ0n) is 31.3. The maximum atomic E-state index is 5.26. The highest BCUT2D eigenvalue weighted by Gasteiger charge is 2.21. The Morgan fingerprint density at radius 2 is 1.12 bits per heavy atom. The second-order valence-electron chi connectivity index (χ2n) is 14.4. The Hall–Kier alpha value is -6.99. The lowest BCUT2D eigenvalue weighted by molar-refractivity contribution is 1.06. The zero-order valence-corrected chi connectivity index (χ0v) is 33.0. The van der Waals surface area contributed by atoms with Gasteiger partial charge in [0.2, 0.25) is 0 Å². The molecule has 6 heteroatoms. The summed E-state index contributed by atoms with van der Waals surface area (Å²) in [5.74, 6) is 1.16. The zero-order chi connectivity index (χ0) is 38.6. The number of fused-ring (bicyclic) bond motifs is 10. The van der Waals surface area contributed by atoms with Gasteiger partial charge in [0.15, 0.2) is 11.7 Å². The van der Waals surface area contributed by atoms with Crippen LogP contribution in [0.2, 0.25) is 0 Å². The fourth-order valence-corrected chi connectivity index (χ4v) is 10.7. The van der Waals surface area contributed by atoms with E-state index in [1.807, 2.05) is 47.7 Å². The molecule has 274 valence electrons. The van der Waals surface area contributed by atoms with Crippen molar-refractivity contribution in [3.63, 3.8) is 0 Å². The van der Waals surface area contributed by atoms with E-state index in [9.17, 15) is 0 Å². The normalized spacial score (nSPS) is 12.5. The predicted molar refractivity (Wildman–Crippen MR) is 251 cm³/mol. The smallest absolute Gasteiger partial charge is 0.161 e. The largest absolute Gasteiger partial charge is 0.309 e. The quantitative estimate of drug-likeness (QED) is 0.119. The Labute approximate surface area is 343 Å². The number of nitrogens with zero attached hydrogens (tertiary/aromatic N) is 4. The summed E-state index contributed by atoms with van der Waals surface area (Å²) in [6, 6.07) is 64.7. The summed E-state index contributed by atoms with van der Waals surface area (Å²) in [6.45, 7) is 4.42. The van der Waals surface area contributed by atoms with Gasteiger partial charge in [0.25, 0.3) is 0 Å². The van der Waals surface area contributed by atoms with Crippen LogP contribution in [0.25, 0.3) is 79.0 Å². The van der Waals surface area contributed by atoms with Crippen molar-refractivity contribution in [3.8, 4) is 16.8 Å². The van der Waals surface area contributed by atoms with E-state index >= 15 is 0 Å². The average molecular weight is 779 g/mol. The summed E-state index contributed by atoms with van der Waals surface area (Å²) in [4.78, 5) is 14.9. The first kappa shape index (κ1) is 34.3. The van der Waals surface area contributed by atoms with Crippen molar-refractivity contribution in [2.45, 2.75) is 6.54 Å². The number of aromatic nitrogens is 1. The van der Waals surface area contributed by atoms with Crippen molar-refractivity contribution < 1.29 is 0 Å². The summed E-state index contributed by atoms with van der Waals surface area (Å²) in [7, 11) is 0. The standard InChI is InChI=1S/C52H34N4S2/c1-53-51(34-17-7-3-8-18-34)55-52(54-32-33-15-5-2-6-16-33)43-31-36(30-41-39-22-12-14-24-47(39)57-49(41)43)35-25-27-44-42(29-35)48-45(56(44)37-19-9-4-10-20-37)28-26-40-38-21-11-13-23-46(38)58-50(40)48/h2-31H,1,32H2/b54-52-,55-51-. The van der Waals surface area contributed by atoms with Crippen molar-refractivity contribution in [2.24, 2.45) is 15.0 Å². The molecule has 0 saturated heterocycles. The third-order valence-corrected chi connectivity index (χ3v) is 13.4. The van der Waals surface area contributed by atoms with Crippen LogP contribution in [-0.2, 0) is 6.54 Å². The molecule has 4 nitrogen and oxygen atoms in total. The second-order valence-corrected chi connectivity index (χ2v) is 16.5. The topological polar surface area (TPSA) is 42.0 Å². The monoisotopic (exact) mass is 778 g/mol. The molecule has 11 aromatic rings. The highest BCUT2D eigenvalue weighted by Crippen LogP contribution is 2.45. The molecule has 0 aliphatic carbocycles. The lowest BCUT2D eigenvalue weighted by atomic mass is 9.97. The first-order chi connectivity index (χ1) is 28.7. The summed E-state index contributed by atoms with van der Waals surface area (Å²) in [5, 5.41) is 7.50. The van der Waals surface area contributed by atoms with Crippen LogP contribution in [0.5, 0.6) is 0 Å². The van der Waals surface area contributed by atoms with Crippen LogP contribution in [0.15, 0.2) is 197 Å². The molecule has 0 radical (unpaired) electrons. The van der Waals surface area contributed by atoms with Gasteiger partial charge in [0, 0.05) is 67.9 Å². The van der Waals surface area contributed by atoms with Crippen LogP contribution < -0.4 is 0 Å². The molecule has 58 heavy (non-hydrogen) atoms. The lowest BCUT2D eigenvalue weighted by Crippen LogP contribution is -2.06. The Balaban J connectivity index is 1.19. The van der Waals surface area contributed by atoms with Crippen LogP contribution in [0, 0.1) is 0 Å². The summed E-state index contributed by atoms with van der Waals surface area (Å²) in [6.07, 6.45) is 0. The number of thiophene rings is 2. The molecular weight excluding hydrogens is 745 g/mol. The van der Waals surface area contributed by atoms with Crippen LogP contribution in [0.4, 0.5) is 0 Å². The number of rotatable bonds is 6. The molecule has 0 fully saturated rings.